The quantitative estimate of drug-likeness (QED) is 0.716. The van der Waals surface area contributed by atoms with Crippen LogP contribution < -0.4 is 4.74 Å². The molecule has 1 aromatic heterocycles. The van der Waals surface area contributed by atoms with Gasteiger partial charge >= 0.3 is 0 Å². The molecule has 7 heteroatoms. The third-order valence-corrected chi connectivity index (χ3v) is 5.60. The highest BCUT2D eigenvalue weighted by atomic mass is 32.1. The third-order valence-electron chi connectivity index (χ3n) is 4.74. The van der Waals surface area contributed by atoms with E-state index in [0.717, 1.165) is 16.2 Å². The summed E-state index contributed by atoms with van der Waals surface area (Å²) in [6.07, 6.45) is 0. The molecule has 2 heterocycles. The van der Waals surface area contributed by atoms with Crippen molar-refractivity contribution in [3.8, 4) is 5.75 Å². The number of likely N-dealkylation sites (N-methyl/N-ethyl adjacent to an activating group) is 1. The lowest BCUT2D eigenvalue weighted by Gasteiger charge is -2.35. The van der Waals surface area contributed by atoms with E-state index in [1.54, 1.807) is 0 Å². The largest absolute Gasteiger partial charge is 0.494 e. The van der Waals surface area contributed by atoms with Crippen molar-refractivity contribution >= 4 is 23.2 Å². The third kappa shape index (κ3) is 5.33. The molecular weight excluding hydrogens is 374 g/mol. The van der Waals surface area contributed by atoms with Gasteiger partial charge in [0, 0.05) is 32.7 Å². The van der Waals surface area contributed by atoms with Crippen molar-refractivity contribution < 1.29 is 14.3 Å². The molecule has 150 valence electrons. The van der Waals surface area contributed by atoms with Gasteiger partial charge in [0.15, 0.2) is 0 Å². The lowest BCUT2D eigenvalue weighted by Crippen LogP contribution is -2.52. The molecule has 2 amide bonds. The molecule has 0 radical (unpaired) electrons. The average Bonchev–Trinajstić information content (AvgIpc) is 3.24. The molecule has 1 aliphatic heterocycles. The first-order chi connectivity index (χ1) is 13.6. The fraction of sp³-hybridized carbons (Fsp3) is 0.429. The van der Waals surface area contributed by atoms with E-state index in [2.05, 4.69) is 0 Å². The van der Waals surface area contributed by atoms with Crippen LogP contribution in [0.5, 0.6) is 5.75 Å². The van der Waals surface area contributed by atoms with Crippen molar-refractivity contribution in [1.29, 1.82) is 0 Å². The topological polar surface area (TPSA) is 53.1 Å². The van der Waals surface area contributed by atoms with E-state index in [9.17, 15) is 9.59 Å². The minimum absolute atomic E-state index is 0.0646. The Labute approximate surface area is 170 Å². The van der Waals surface area contributed by atoms with Gasteiger partial charge in [-0.3, -0.25) is 14.5 Å². The number of ether oxygens (including phenoxy) is 1. The molecule has 0 N–H and O–H groups in total. The van der Waals surface area contributed by atoms with E-state index >= 15 is 0 Å². The number of nitrogens with zero attached hydrogens (tertiary/aromatic N) is 3. The maximum Gasteiger partial charge on any atom is 0.264 e. The molecule has 3 rings (SSSR count). The van der Waals surface area contributed by atoms with Gasteiger partial charge in [-0.05, 0) is 43.1 Å². The van der Waals surface area contributed by atoms with Gasteiger partial charge in [0.25, 0.3) is 5.91 Å². The van der Waals surface area contributed by atoms with Crippen LogP contribution in [-0.2, 0) is 11.3 Å². The summed E-state index contributed by atoms with van der Waals surface area (Å²) in [6.45, 7) is 6.04. The molecule has 1 aliphatic rings. The Kier molecular flexibility index (Phi) is 7.06. The molecular formula is C21H27N3O3S. The molecule has 0 aliphatic carbocycles. The van der Waals surface area contributed by atoms with Gasteiger partial charge in [0.1, 0.15) is 5.75 Å². The average molecular weight is 402 g/mol. The fourth-order valence-electron chi connectivity index (χ4n) is 3.27. The number of thiophene rings is 1. The zero-order valence-corrected chi connectivity index (χ0v) is 17.3. The lowest BCUT2D eigenvalue weighted by molar-refractivity contribution is -0.133. The number of hydrogen-bond donors (Lipinski definition) is 0. The van der Waals surface area contributed by atoms with Gasteiger partial charge in [-0.15, -0.1) is 11.3 Å². The highest BCUT2D eigenvalue weighted by Gasteiger charge is 2.25. The zero-order chi connectivity index (χ0) is 19.9. The number of benzene rings is 1. The van der Waals surface area contributed by atoms with Crippen LogP contribution in [0, 0.1) is 0 Å². The van der Waals surface area contributed by atoms with Gasteiger partial charge in [0.2, 0.25) is 5.91 Å². The summed E-state index contributed by atoms with van der Waals surface area (Å²) in [4.78, 5) is 31.5. The Bertz CT molecular complexity index is 769. The van der Waals surface area contributed by atoms with Crippen molar-refractivity contribution in [2.75, 3.05) is 46.4 Å². The smallest absolute Gasteiger partial charge is 0.264 e. The maximum atomic E-state index is 12.6. The van der Waals surface area contributed by atoms with E-state index in [4.69, 9.17) is 4.74 Å². The van der Waals surface area contributed by atoms with Crippen LogP contribution in [0.2, 0.25) is 0 Å². The summed E-state index contributed by atoms with van der Waals surface area (Å²) in [5, 5.41) is 1.91. The SMILES string of the molecule is CCOc1ccc(CN(C)CC(=O)N2CCN(C(=O)c3cccs3)CC2)cc1. The second-order valence-corrected chi connectivity index (χ2v) is 7.85. The monoisotopic (exact) mass is 401 g/mol. The van der Waals surface area contributed by atoms with Crippen molar-refractivity contribution in [1.82, 2.24) is 14.7 Å². The summed E-state index contributed by atoms with van der Waals surface area (Å²) in [5.74, 6) is 1.03. The summed E-state index contributed by atoms with van der Waals surface area (Å²) in [5.41, 5.74) is 1.14. The lowest BCUT2D eigenvalue weighted by atomic mass is 10.2. The highest BCUT2D eigenvalue weighted by Crippen LogP contribution is 2.15. The molecule has 0 atom stereocenters. The summed E-state index contributed by atoms with van der Waals surface area (Å²) in [7, 11) is 1.95. The Morgan fingerprint density at radius 2 is 1.75 bits per heavy atom. The van der Waals surface area contributed by atoms with Gasteiger partial charge in [-0.1, -0.05) is 18.2 Å². The van der Waals surface area contributed by atoms with E-state index in [-0.39, 0.29) is 11.8 Å². The first-order valence-electron chi connectivity index (χ1n) is 9.57. The first kappa shape index (κ1) is 20.4. The van der Waals surface area contributed by atoms with Crippen LogP contribution in [0.3, 0.4) is 0 Å². The van der Waals surface area contributed by atoms with Gasteiger partial charge in [-0.2, -0.15) is 0 Å². The summed E-state index contributed by atoms with van der Waals surface area (Å²) < 4.78 is 5.46. The second-order valence-electron chi connectivity index (χ2n) is 6.90. The highest BCUT2D eigenvalue weighted by molar-refractivity contribution is 7.12. The standard InChI is InChI=1S/C21H27N3O3S/c1-3-27-18-8-6-17(7-9-18)15-22(2)16-20(25)23-10-12-24(13-11-23)21(26)19-5-4-14-28-19/h4-9,14H,3,10-13,15-16H2,1-2H3. The fourth-order valence-corrected chi connectivity index (χ4v) is 3.96. The molecule has 6 nitrogen and oxygen atoms in total. The number of amides is 2. The van der Waals surface area contributed by atoms with Crippen LogP contribution >= 0.6 is 11.3 Å². The minimum atomic E-state index is 0.0646. The Balaban J connectivity index is 1.44. The predicted octanol–water partition coefficient (Wildman–Crippen LogP) is 2.56. The van der Waals surface area contributed by atoms with Gasteiger partial charge < -0.3 is 14.5 Å². The number of piperazine rings is 1. The number of carbonyl (C=O) groups is 2. The van der Waals surface area contributed by atoms with Gasteiger partial charge in [0.05, 0.1) is 18.0 Å². The Morgan fingerprint density at radius 1 is 1.07 bits per heavy atom. The number of rotatable bonds is 7. The summed E-state index contributed by atoms with van der Waals surface area (Å²) in [6, 6.07) is 11.7. The van der Waals surface area contributed by atoms with Crippen LogP contribution in [0.1, 0.15) is 22.2 Å². The molecule has 1 saturated heterocycles. The molecule has 0 unspecified atom stereocenters. The van der Waals surface area contributed by atoms with E-state index in [1.165, 1.54) is 11.3 Å². The van der Waals surface area contributed by atoms with E-state index < -0.39 is 0 Å². The van der Waals surface area contributed by atoms with Crippen molar-refractivity contribution in [3.05, 3.63) is 52.2 Å². The summed E-state index contributed by atoms with van der Waals surface area (Å²) >= 11 is 1.46. The minimum Gasteiger partial charge on any atom is -0.494 e. The Morgan fingerprint density at radius 3 is 2.36 bits per heavy atom. The maximum absolute atomic E-state index is 12.6. The molecule has 1 aromatic carbocycles. The van der Waals surface area contributed by atoms with Gasteiger partial charge in [-0.25, -0.2) is 0 Å². The second kappa shape index (κ2) is 9.71. The molecule has 0 spiro atoms. The molecule has 0 saturated carbocycles. The number of hydrogen-bond acceptors (Lipinski definition) is 5. The van der Waals surface area contributed by atoms with Crippen LogP contribution in [0.4, 0.5) is 0 Å². The van der Waals surface area contributed by atoms with Crippen LogP contribution in [-0.4, -0.2) is 72.9 Å². The first-order valence-corrected chi connectivity index (χ1v) is 10.5. The van der Waals surface area contributed by atoms with E-state index in [1.807, 2.05) is 70.4 Å². The zero-order valence-electron chi connectivity index (χ0n) is 16.5. The molecule has 1 fully saturated rings. The Hall–Kier alpha value is -2.38. The molecule has 2 aromatic rings. The normalized spacial score (nSPS) is 14.4. The van der Waals surface area contributed by atoms with Crippen LogP contribution in [0.15, 0.2) is 41.8 Å². The number of carbonyl (C=O) groups excluding carboxylic acids is 2. The van der Waals surface area contributed by atoms with Crippen molar-refractivity contribution in [3.63, 3.8) is 0 Å². The van der Waals surface area contributed by atoms with Crippen molar-refractivity contribution in [2.24, 2.45) is 0 Å². The molecule has 28 heavy (non-hydrogen) atoms. The predicted molar refractivity (Wildman–Crippen MR) is 111 cm³/mol. The van der Waals surface area contributed by atoms with E-state index in [0.29, 0.717) is 45.9 Å². The molecule has 0 bridgehead atoms. The van der Waals surface area contributed by atoms with Crippen molar-refractivity contribution in [2.45, 2.75) is 13.5 Å². The van der Waals surface area contributed by atoms with Crippen LogP contribution in [0.25, 0.3) is 0 Å².